The van der Waals surface area contributed by atoms with E-state index in [-0.39, 0.29) is 7.33 Å². The first-order valence-electron chi connectivity index (χ1n) is 9.90. The zero-order chi connectivity index (χ0) is 22.4. The molecule has 3 rings (SSSR count). The highest BCUT2D eigenvalue weighted by Crippen LogP contribution is 2.15. The minimum atomic E-state index is -0.0326. The molecule has 8 nitrogen and oxygen atoms in total. The summed E-state index contributed by atoms with van der Waals surface area (Å²) in [5, 5.41) is 15.0. The van der Waals surface area contributed by atoms with Gasteiger partial charge in [0.2, 0.25) is 0 Å². The molecule has 2 N–H and O–H groups in total. The number of methoxy groups -OCH3 is 1. The van der Waals surface area contributed by atoms with Crippen LogP contribution < -0.4 is 10.6 Å². The summed E-state index contributed by atoms with van der Waals surface area (Å²) in [5.74, 6) is 0.595. The number of carbonyl (C=O) groups excluding carboxylic acids is 1. The quantitative estimate of drug-likeness (QED) is 0.550. The van der Waals surface area contributed by atoms with Crippen molar-refractivity contribution in [3.05, 3.63) is 83.4 Å². The molecule has 3 aromatic rings. The lowest BCUT2D eigenvalue weighted by molar-refractivity contribution is 0.0827. The molecule has 0 saturated heterocycles. The Balaban J connectivity index is 0.00000363. The van der Waals surface area contributed by atoms with E-state index in [4.69, 9.17) is 4.74 Å². The van der Waals surface area contributed by atoms with E-state index in [1.807, 2.05) is 48.0 Å². The second-order valence-electron chi connectivity index (χ2n) is 7.37. The molecule has 1 aromatic heterocycles. The summed E-state index contributed by atoms with van der Waals surface area (Å²) < 4.78 is 7.02. The maximum atomic E-state index is 12.0. The van der Waals surface area contributed by atoms with E-state index in [9.17, 15) is 4.79 Å². The minimum Gasteiger partial charge on any atom is -0.380 e. The Morgan fingerprint density at radius 1 is 1.23 bits per heavy atom. The second-order valence-corrected chi connectivity index (χ2v) is 7.37. The molecule has 31 heavy (non-hydrogen) atoms. The van der Waals surface area contributed by atoms with Gasteiger partial charge in [-0.2, -0.15) is 0 Å². The van der Waals surface area contributed by atoms with Gasteiger partial charge in [0.25, 0.3) is 5.91 Å². The highest BCUT2D eigenvalue weighted by molar-refractivity contribution is 5.94. The van der Waals surface area contributed by atoms with Crippen LogP contribution in [0.15, 0.2) is 60.9 Å². The zero-order valence-corrected chi connectivity index (χ0v) is 18.3. The number of aromatic nitrogens is 3. The predicted octanol–water partition coefficient (Wildman–Crippen LogP) is 3.34. The average Bonchev–Trinajstić information content (AvgIpc) is 3.13. The molecular formula is C23H30N6O2. The fourth-order valence-electron chi connectivity index (χ4n) is 3.08. The number of ether oxygens (including phenoxy) is 1. The van der Waals surface area contributed by atoms with Crippen LogP contribution in [0, 0.1) is 6.92 Å². The van der Waals surface area contributed by atoms with Crippen LogP contribution in [0.5, 0.6) is 0 Å². The summed E-state index contributed by atoms with van der Waals surface area (Å²) in [7, 11) is 5.14. The van der Waals surface area contributed by atoms with Crippen molar-refractivity contribution >= 4 is 11.6 Å². The summed E-state index contributed by atoms with van der Waals surface area (Å²) in [6, 6.07) is 15.3. The Bertz CT molecular complexity index is 1060. The van der Waals surface area contributed by atoms with E-state index in [1.165, 1.54) is 0 Å². The van der Waals surface area contributed by atoms with E-state index in [1.54, 1.807) is 38.2 Å². The van der Waals surface area contributed by atoms with Crippen LogP contribution in [0.3, 0.4) is 0 Å². The lowest BCUT2D eigenvalue weighted by Gasteiger charge is -2.13. The zero-order valence-electron chi connectivity index (χ0n) is 18.3. The molecule has 0 bridgehead atoms. The Hall–Kier alpha value is -3.65. The van der Waals surface area contributed by atoms with Crippen LogP contribution in [-0.2, 0) is 17.9 Å². The van der Waals surface area contributed by atoms with Crippen LogP contribution in [-0.4, -0.2) is 47.0 Å². The minimum absolute atomic E-state index is 0. The summed E-state index contributed by atoms with van der Waals surface area (Å²) in [5.41, 5.74) is 5.26. The molecule has 0 aliphatic carbocycles. The maximum Gasteiger partial charge on any atom is 0.253 e. The van der Waals surface area contributed by atoms with Crippen molar-refractivity contribution in [2.24, 2.45) is 0 Å². The molecule has 2 aromatic carbocycles. The van der Waals surface area contributed by atoms with E-state index in [0.717, 1.165) is 28.3 Å². The highest BCUT2D eigenvalue weighted by Gasteiger charge is 2.11. The molecule has 0 radical (unpaired) electrons. The van der Waals surface area contributed by atoms with Crippen molar-refractivity contribution in [3.63, 3.8) is 0 Å². The number of carbonyl (C=O) groups is 1. The van der Waals surface area contributed by atoms with Crippen molar-refractivity contribution in [2.45, 2.75) is 20.1 Å². The Morgan fingerprint density at radius 3 is 2.65 bits per heavy atom. The number of anilines is 1. The fraction of sp³-hybridized carbons (Fsp3) is 0.261. The predicted molar refractivity (Wildman–Crippen MR) is 123 cm³/mol. The van der Waals surface area contributed by atoms with Gasteiger partial charge in [0.15, 0.2) is 0 Å². The molecule has 0 saturated carbocycles. The van der Waals surface area contributed by atoms with Crippen LogP contribution in [0.1, 0.15) is 28.7 Å². The monoisotopic (exact) mass is 422 g/mol. The van der Waals surface area contributed by atoms with Crippen LogP contribution in [0.4, 0.5) is 5.69 Å². The molecule has 0 aliphatic heterocycles. The molecule has 0 atom stereocenters. The molecule has 0 unspecified atom stereocenters. The van der Waals surface area contributed by atoms with Crippen molar-refractivity contribution < 1.29 is 11.0 Å². The van der Waals surface area contributed by atoms with Gasteiger partial charge in [-0.15, -0.1) is 5.10 Å². The van der Waals surface area contributed by atoms with Crippen molar-refractivity contribution in [1.29, 1.82) is 0 Å². The van der Waals surface area contributed by atoms with Crippen molar-refractivity contribution in [1.82, 2.24) is 25.2 Å². The maximum absolute atomic E-state index is 12.0. The van der Waals surface area contributed by atoms with Gasteiger partial charge in [-0.25, -0.2) is 4.68 Å². The van der Waals surface area contributed by atoms with E-state index in [0.29, 0.717) is 24.5 Å². The molecule has 8 heteroatoms. The van der Waals surface area contributed by atoms with Crippen LogP contribution >= 0.6 is 0 Å². The molecule has 1 amide bonds. The number of nitrogens with zero attached hydrogens (tertiary/aromatic N) is 4. The van der Waals surface area contributed by atoms with Crippen molar-refractivity contribution in [2.75, 3.05) is 26.5 Å². The van der Waals surface area contributed by atoms with Gasteiger partial charge < -0.3 is 20.3 Å². The average molecular weight is 423 g/mol. The van der Waals surface area contributed by atoms with Crippen molar-refractivity contribution in [3.8, 4) is 5.69 Å². The Kier molecular flexibility index (Phi) is 7.04. The first-order valence-corrected chi connectivity index (χ1v) is 9.90. The number of nitrogens with one attached hydrogen (secondary N) is 2. The van der Waals surface area contributed by atoms with Gasteiger partial charge in [0.05, 0.1) is 30.4 Å². The van der Waals surface area contributed by atoms with E-state index in [2.05, 4.69) is 27.5 Å². The SMILES string of the molecule is C=C(NCc1nnn(-c2cccc(COC)c2)c1C)Nc1ccc(C(=O)N(C)C)cc1.[HH]. The van der Waals surface area contributed by atoms with E-state index >= 15 is 0 Å². The third-order valence-corrected chi connectivity index (χ3v) is 4.76. The number of benzene rings is 2. The molecule has 164 valence electrons. The molecule has 1 heterocycles. The van der Waals surface area contributed by atoms with Gasteiger partial charge >= 0.3 is 0 Å². The van der Waals surface area contributed by atoms with Crippen LogP contribution in [0.25, 0.3) is 5.69 Å². The number of rotatable bonds is 9. The normalized spacial score (nSPS) is 10.6. The third-order valence-electron chi connectivity index (χ3n) is 4.76. The topological polar surface area (TPSA) is 84.3 Å². The third kappa shape index (κ3) is 5.49. The number of amides is 1. The van der Waals surface area contributed by atoms with Gasteiger partial charge in [0, 0.05) is 33.9 Å². The van der Waals surface area contributed by atoms with Gasteiger partial charge in [-0.3, -0.25) is 4.79 Å². The van der Waals surface area contributed by atoms with Gasteiger partial charge in [0.1, 0.15) is 5.69 Å². The van der Waals surface area contributed by atoms with Gasteiger partial charge in [-0.05, 0) is 48.9 Å². The fourth-order valence-corrected chi connectivity index (χ4v) is 3.08. The number of hydrogen-bond donors (Lipinski definition) is 2. The summed E-state index contributed by atoms with van der Waals surface area (Å²) in [6.07, 6.45) is 0. The first-order chi connectivity index (χ1) is 14.9. The van der Waals surface area contributed by atoms with Crippen LogP contribution in [0.2, 0.25) is 0 Å². The lowest BCUT2D eigenvalue weighted by atomic mass is 10.2. The molecule has 0 spiro atoms. The van der Waals surface area contributed by atoms with Gasteiger partial charge in [-0.1, -0.05) is 23.9 Å². The highest BCUT2D eigenvalue weighted by atomic mass is 16.5. The summed E-state index contributed by atoms with van der Waals surface area (Å²) >= 11 is 0. The molecule has 0 fully saturated rings. The van der Waals surface area contributed by atoms with E-state index < -0.39 is 0 Å². The largest absolute Gasteiger partial charge is 0.380 e. The second kappa shape index (κ2) is 9.90. The molecule has 0 aliphatic rings. The summed E-state index contributed by atoms with van der Waals surface area (Å²) in [4.78, 5) is 13.5. The lowest BCUT2D eigenvalue weighted by Crippen LogP contribution is -2.21. The first kappa shape index (κ1) is 22.0. The Labute approximate surface area is 184 Å². The number of hydrogen-bond acceptors (Lipinski definition) is 6. The Morgan fingerprint density at radius 2 is 1.97 bits per heavy atom. The summed E-state index contributed by atoms with van der Waals surface area (Å²) in [6.45, 7) is 7.02. The smallest absolute Gasteiger partial charge is 0.253 e. The standard InChI is InChI=1S/C23H28N6O2.H2/c1-16-22(26-27-29(16)21-8-6-7-18(13-21)15-31-5)14-24-17(2)25-20-11-9-19(10-12-20)23(30)28(3)4;/h6-13,24-25H,2,14-15H2,1,3-5H3;1H. The molecular weight excluding hydrogens is 392 g/mol.